The molecule has 2 aliphatic rings. The van der Waals surface area contributed by atoms with E-state index in [0.29, 0.717) is 6.42 Å². The smallest absolute Gasteiger partial charge is 0.220 e. The summed E-state index contributed by atoms with van der Waals surface area (Å²) >= 11 is 0. The number of nitrogens with one attached hydrogen (secondary N) is 1. The van der Waals surface area contributed by atoms with Crippen molar-refractivity contribution in [3.8, 4) is 0 Å². The first-order valence-corrected chi connectivity index (χ1v) is 34.2. The lowest BCUT2D eigenvalue weighted by Gasteiger charge is -2.46. The average molecular weight is 1170 g/mol. The largest absolute Gasteiger partial charge is 0.394 e. The van der Waals surface area contributed by atoms with Gasteiger partial charge in [0.1, 0.15) is 48.8 Å². The van der Waals surface area contributed by atoms with Crippen LogP contribution < -0.4 is 5.32 Å². The van der Waals surface area contributed by atoms with Crippen LogP contribution in [0.25, 0.3) is 0 Å². The highest BCUT2D eigenvalue weighted by atomic mass is 16.7. The number of ether oxygens (including phenoxy) is 4. The zero-order chi connectivity index (χ0) is 59.5. The summed E-state index contributed by atoms with van der Waals surface area (Å²) in [4.78, 5) is 13.2. The van der Waals surface area contributed by atoms with Crippen molar-refractivity contribution in [2.75, 3.05) is 19.8 Å². The monoisotopic (exact) mass is 1170 g/mol. The lowest BCUT2D eigenvalue weighted by molar-refractivity contribution is -0.359. The molecule has 0 aromatic heterocycles. The van der Waals surface area contributed by atoms with E-state index in [2.05, 4.69) is 43.5 Å². The molecule has 0 spiro atoms. The number of carbonyl (C=O) groups excluding carboxylic acids is 1. The van der Waals surface area contributed by atoms with E-state index in [0.717, 1.165) is 44.9 Å². The van der Waals surface area contributed by atoms with Crippen molar-refractivity contribution in [3.05, 3.63) is 36.5 Å². The van der Waals surface area contributed by atoms with Gasteiger partial charge in [0, 0.05) is 6.42 Å². The van der Waals surface area contributed by atoms with Gasteiger partial charge in [-0.3, -0.25) is 4.79 Å². The van der Waals surface area contributed by atoms with Crippen LogP contribution >= 0.6 is 0 Å². The van der Waals surface area contributed by atoms with Gasteiger partial charge in [-0.2, -0.15) is 0 Å². The standard InChI is InChI=1S/C68H127NO13/c1-3-5-7-9-11-13-14-15-16-17-18-19-20-21-22-23-24-25-26-27-28-29-30-31-32-33-34-35-36-37-38-39-40-41-42-44-46-48-50-52-60(73)69-56(57(72)51-49-47-45-43-12-10-8-6-4-2)55-79-67-65(78)63(76)66(59(54-71)81-67)82-68-64(77)62(75)61(74)58(53-70)80-68/h14-15,17-18,49,51,56-59,61-68,70-72,74-78H,3-13,16,19-48,50,52-55H2,1-2H3,(H,69,73)/b15-14-,18-17-,51-49+. The van der Waals surface area contributed by atoms with Crippen LogP contribution in [0.4, 0.5) is 0 Å². The van der Waals surface area contributed by atoms with Gasteiger partial charge in [0.2, 0.25) is 5.91 Å². The lowest BCUT2D eigenvalue weighted by atomic mass is 9.97. The highest BCUT2D eigenvalue weighted by Crippen LogP contribution is 2.30. The number of unbranched alkanes of at least 4 members (excludes halogenated alkanes) is 39. The fraction of sp³-hybridized carbons (Fsp3) is 0.897. The zero-order valence-electron chi connectivity index (χ0n) is 52.2. The Hall–Kier alpha value is -1.79. The number of rotatable bonds is 56. The van der Waals surface area contributed by atoms with E-state index in [1.807, 2.05) is 6.08 Å². The Labute approximate surface area is 500 Å². The van der Waals surface area contributed by atoms with Gasteiger partial charge in [-0.25, -0.2) is 0 Å². The van der Waals surface area contributed by atoms with E-state index in [9.17, 15) is 45.6 Å². The Morgan fingerprint density at radius 1 is 0.439 bits per heavy atom. The van der Waals surface area contributed by atoms with Gasteiger partial charge >= 0.3 is 0 Å². The van der Waals surface area contributed by atoms with Crippen LogP contribution in [-0.2, 0) is 23.7 Å². The molecule has 0 bridgehead atoms. The molecular weight excluding hydrogens is 1040 g/mol. The second-order valence-corrected chi connectivity index (χ2v) is 24.3. The maximum Gasteiger partial charge on any atom is 0.220 e. The van der Waals surface area contributed by atoms with Gasteiger partial charge in [-0.05, 0) is 51.4 Å². The number of aliphatic hydroxyl groups is 8. The first-order chi connectivity index (χ1) is 40.1. The molecule has 0 saturated carbocycles. The Morgan fingerprint density at radius 2 is 0.805 bits per heavy atom. The summed E-state index contributed by atoms with van der Waals surface area (Å²) in [5, 5.41) is 86.9. The van der Waals surface area contributed by atoms with Crippen LogP contribution in [0.1, 0.15) is 296 Å². The Morgan fingerprint density at radius 3 is 1.22 bits per heavy atom. The van der Waals surface area contributed by atoms with E-state index < -0.39 is 86.8 Å². The van der Waals surface area contributed by atoms with Crippen molar-refractivity contribution >= 4 is 5.91 Å². The summed E-state index contributed by atoms with van der Waals surface area (Å²) in [7, 11) is 0. The predicted octanol–water partition coefficient (Wildman–Crippen LogP) is 13.3. The molecule has 0 aliphatic carbocycles. The first kappa shape index (κ1) is 76.3. The molecule has 0 radical (unpaired) electrons. The summed E-state index contributed by atoms with van der Waals surface area (Å²) in [6.07, 6.45) is 51.2. The van der Waals surface area contributed by atoms with Gasteiger partial charge in [0.15, 0.2) is 12.6 Å². The molecule has 2 rings (SSSR count). The van der Waals surface area contributed by atoms with Crippen molar-refractivity contribution in [2.24, 2.45) is 0 Å². The number of amides is 1. The van der Waals surface area contributed by atoms with Gasteiger partial charge in [-0.15, -0.1) is 0 Å². The Balaban J connectivity index is 1.51. The second-order valence-electron chi connectivity index (χ2n) is 24.3. The van der Waals surface area contributed by atoms with E-state index in [1.54, 1.807) is 6.08 Å². The summed E-state index contributed by atoms with van der Waals surface area (Å²) in [6, 6.07) is -0.910. The molecule has 2 heterocycles. The highest BCUT2D eigenvalue weighted by molar-refractivity contribution is 5.76. The zero-order valence-corrected chi connectivity index (χ0v) is 52.2. The third kappa shape index (κ3) is 37.7. The number of hydrogen-bond acceptors (Lipinski definition) is 13. The van der Waals surface area contributed by atoms with Crippen LogP contribution in [0.2, 0.25) is 0 Å². The molecule has 9 N–H and O–H groups in total. The summed E-state index contributed by atoms with van der Waals surface area (Å²) in [5.74, 6) is -0.237. The summed E-state index contributed by atoms with van der Waals surface area (Å²) < 4.78 is 22.7. The van der Waals surface area contributed by atoms with E-state index >= 15 is 0 Å². The van der Waals surface area contributed by atoms with Crippen molar-refractivity contribution in [3.63, 3.8) is 0 Å². The fourth-order valence-corrected chi connectivity index (χ4v) is 11.3. The number of aliphatic hydroxyl groups excluding tert-OH is 8. The van der Waals surface area contributed by atoms with Crippen LogP contribution in [0.3, 0.4) is 0 Å². The third-order valence-electron chi connectivity index (χ3n) is 16.8. The Bertz CT molecular complexity index is 1510. The van der Waals surface area contributed by atoms with Crippen LogP contribution in [0.5, 0.6) is 0 Å². The van der Waals surface area contributed by atoms with Gasteiger partial charge in [-0.1, -0.05) is 275 Å². The maximum absolute atomic E-state index is 13.2. The molecule has 482 valence electrons. The fourth-order valence-electron chi connectivity index (χ4n) is 11.3. The summed E-state index contributed by atoms with van der Waals surface area (Å²) in [5.41, 5.74) is 0. The maximum atomic E-state index is 13.2. The van der Waals surface area contributed by atoms with Crippen molar-refractivity contribution in [1.29, 1.82) is 0 Å². The molecule has 2 fully saturated rings. The van der Waals surface area contributed by atoms with Crippen LogP contribution in [0.15, 0.2) is 36.5 Å². The minimum atomic E-state index is -1.79. The van der Waals surface area contributed by atoms with Gasteiger partial charge in [0.05, 0.1) is 32.0 Å². The van der Waals surface area contributed by atoms with Crippen LogP contribution in [0, 0.1) is 0 Å². The quantitative estimate of drug-likeness (QED) is 0.0204. The first-order valence-electron chi connectivity index (χ1n) is 34.2. The van der Waals surface area contributed by atoms with Crippen molar-refractivity contribution < 1.29 is 64.6 Å². The second kappa shape index (κ2) is 53.4. The molecule has 0 aromatic rings. The van der Waals surface area contributed by atoms with Crippen molar-refractivity contribution in [1.82, 2.24) is 5.32 Å². The van der Waals surface area contributed by atoms with E-state index in [1.165, 1.54) is 225 Å². The van der Waals surface area contributed by atoms with Gasteiger partial charge in [0.25, 0.3) is 0 Å². The molecule has 2 saturated heterocycles. The molecule has 12 unspecified atom stereocenters. The predicted molar refractivity (Wildman–Crippen MR) is 332 cm³/mol. The SMILES string of the molecule is CCCCCCC/C=C\C/C=C\CCCCCCCCCCCCCCCCCCCCCCCCCCCCCC(=O)NC(COC1OC(CO)C(OC2OC(CO)C(O)C(O)C2O)C(O)C1O)C(O)/C=C/CCCCCCCCC. The van der Waals surface area contributed by atoms with Gasteiger partial charge < -0.3 is 65.1 Å². The third-order valence-corrected chi connectivity index (χ3v) is 16.8. The molecule has 12 atom stereocenters. The highest BCUT2D eigenvalue weighted by Gasteiger charge is 2.51. The molecule has 14 heteroatoms. The minimum absolute atomic E-state index is 0.237. The summed E-state index contributed by atoms with van der Waals surface area (Å²) in [6.45, 7) is 2.77. The van der Waals surface area contributed by atoms with E-state index in [4.69, 9.17) is 18.9 Å². The molecule has 82 heavy (non-hydrogen) atoms. The minimum Gasteiger partial charge on any atom is -0.394 e. The van der Waals surface area contributed by atoms with Crippen molar-refractivity contribution in [2.45, 2.75) is 370 Å². The molecular formula is C68H127NO13. The molecule has 2 aliphatic heterocycles. The topological polar surface area (TPSA) is 228 Å². The average Bonchev–Trinajstić information content (AvgIpc) is 3.38. The number of hydrogen-bond donors (Lipinski definition) is 9. The lowest BCUT2D eigenvalue weighted by Crippen LogP contribution is -2.65. The number of carbonyl (C=O) groups is 1. The molecule has 0 aromatic carbocycles. The molecule has 1 amide bonds. The number of allylic oxidation sites excluding steroid dienone is 5. The van der Waals surface area contributed by atoms with Crippen LogP contribution in [-0.4, -0.2) is 140 Å². The normalized spacial score (nSPS) is 24.1. The Kier molecular flexibility index (Phi) is 49.7. The molecule has 14 nitrogen and oxygen atoms in total. The van der Waals surface area contributed by atoms with E-state index in [-0.39, 0.29) is 18.9 Å².